The quantitative estimate of drug-likeness (QED) is 0.503. The zero-order valence-electron chi connectivity index (χ0n) is 21.4. The van der Waals surface area contributed by atoms with Crippen LogP contribution in [0, 0.1) is 13.8 Å². The normalized spacial score (nSPS) is 17.7. The number of ether oxygens (including phenoxy) is 1. The molecular formula is C26H38N6O2. The Labute approximate surface area is 201 Å². The topological polar surface area (TPSA) is 88.9 Å². The van der Waals surface area contributed by atoms with E-state index in [2.05, 4.69) is 79.1 Å². The second-order valence-corrected chi connectivity index (χ2v) is 10.3. The maximum atomic E-state index is 13.1. The Morgan fingerprint density at radius 2 is 2.00 bits per heavy atom. The Morgan fingerprint density at radius 3 is 2.68 bits per heavy atom. The molecule has 1 fully saturated rings. The largest absolute Gasteiger partial charge is 0.377 e. The van der Waals surface area contributed by atoms with Crippen LogP contribution in [0.15, 0.2) is 23.0 Å². The van der Waals surface area contributed by atoms with Crippen LogP contribution in [0.5, 0.6) is 0 Å². The number of aromatic amines is 1. The van der Waals surface area contributed by atoms with Gasteiger partial charge >= 0.3 is 0 Å². The van der Waals surface area contributed by atoms with Crippen molar-refractivity contribution in [1.82, 2.24) is 30.1 Å². The number of benzene rings is 1. The molecule has 1 N–H and O–H groups in total. The Morgan fingerprint density at radius 1 is 1.24 bits per heavy atom. The van der Waals surface area contributed by atoms with Crippen LogP contribution in [0.3, 0.4) is 0 Å². The number of pyridine rings is 1. The van der Waals surface area contributed by atoms with Crippen molar-refractivity contribution in [1.29, 1.82) is 0 Å². The first-order chi connectivity index (χ1) is 16.2. The lowest BCUT2D eigenvalue weighted by Gasteiger charge is -2.34. The van der Waals surface area contributed by atoms with Gasteiger partial charge in [-0.05, 0) is 98.5 Å². The lowest BCUT2D eigenvalue weighted by atomic mass is 10.0. The Kier molecular flexibility index (Phi) is 7.19. The van der Waals surface area contributed by atoms with Crippen molar-refractivity contribution in [2.45, 2.75) is 91.5 Å². The predicted molar refractivity (Wildman–Crippen MR) is 134 cm³/mol. The zero-order valence-corrected chi connectivity index (χ0v) is 21.4. The summed E-state index contributed by atoms with van der Waals surface area (Å²) < 4.78 is 7.95. The summed E-state index contributed by atoms with van der Waals surface area (Å²) in [5.74, 6) is 0.844. The standard InChI is InChI=1S/C26H38N6O2/c1-7-23(24-28-29-30-32(24)26(5,6)8-2)31(16-21-10-9-11-34-21)15-20-14-19-12-17(3)18(4)13-22(19)27-25(20)33/h12-14,21,23H,7-11,15-16H2,1-6H3,(H,27,33). The van der Waals surface area contributed by atoms with Gasteiger partial charge in [0.1, 0.15) is 0 Å². The van der Waals surface area contributed by atoms with Crippen LogP contribution in [0.25, 0.3) is 10.9 Å². The molecule has 1 aromatic carbocycles. The Bertz CT molecular complexity index is 1190. The van der Waals surface area contributed by atoms with E-state index >= 15 is 0 Å². The van der Waals surface area contributed by atoms with Crippen molar-refractivity contribution in [3.05, 3.63) is 51.1 Å². The van der Waals surface area contributed by atoms with Crippen molar-refractivity contribution in [3.8, 4) is 0 Å². The summed E-state index contributed by atoms with van der Waals surface area (Å²) in [5, 5.41) is 13.9. The molecule has 0 spiro atoms. The van der Waals surface area contributed by atoms with Crippen molar-refractivity contribution in [2.24, 2.45) is 0 Å². The molecule has 1 aliphatic rings. The monoisotopic (exact) mass is 466 g/mol. The van der Waals surface area contributed by atoms with E-state index in [-0.39, 0.29) is 23.2 Å². The smallest absolute Gasteiger partial charge is 0.252 e. The Hall–Kier alpha value is -2.58. The third-order valence-electron chi connectivity index (χ3n) is 7.43. The van der Waals surface area contributed by atoms with Crippen molar-refractivity contribution in [3.63, 3.8) is 0 Å². The minimum Gasteiger partial charge on any atom is -0.377 e. The predicted octanol–water partition coefficient (Wildman–Crippen LogP) is 4.41. The number of nitrogens with one attached hydrogen (secondary N) is 1. The van der Waals surface area contributed by atoms with Crippen molar-refractivity contribution < 1.29 is 4.74 Å². The third-order valence-corrected chi connectivity index (χ3v) is 7.43. The van der Waals surface area contributed by atoms with Crippen LogP contribution in [0.1, 0.15) is 81.9 Å². The van der Waals surface area contributed by atoms with E-state index in [1.807, 2.05) is 10.7 Å². The highest BCUT2D eigenvalue weighted by Gasteiger charge is 2.32. The van der Waals surface area contributed by atoms with Gasteiger partial charge in [0, 0.05) is 30.8 Å². The summed E-state index contributed by atoms with van der Waals surface area (Å²) in [6.45, 7) is 14.8. The SMILES string of the molecule is CCC(c1nnnn1C(C)(C)CC)N(Cc1cc2cc(C)c(C)cc2[nH]c1=O)CC1CCCO1. The van der Waals surface area contributed by atoms with Gasteiger partial charge in [0.15, 0.2) is 5.82 Å². The molecule has 3 heterocycles. The van der Waals surface area contributed by atoms with Crippen molar-refractivity contribution >= 4 is 10.9 Å². The van der Waals surface area contributed by atoms with Gasteiger partial charge in [0.05, 0.1) is 17.7 Å². The molecule has 4 rings (SSSR count). The first kappa shape index (κ1) is 24.5. The highest BCUT2D eigenvalue weighted by atomic mass is 16.5. The van der Waals surface area contributed by atoms with Crippen LogP contribution in [0.4, 0.5) is 0 Å². The first-order valence-corrected chi connectivity index (χ1v) is 12.5. The number of hydrogen-bond donors (Lipinski definition) is 1. The van der Waals surface area contributed by atoms with Gasteiger partial charge in [-0.15, -0.1) is 5.10 Å². The fourth-order valence-corrected chi connectivity index (χ4v) is 4.80. The van der Waals surface area contributed by atoms with Gasteiger partial charge in [0.25, 0.3) is 5.56 Å². The Balaban J connectivity index is 1.73. The highest BCUT2D eigenvalue weighted by molar-refractivity contribution is 5.80. The average Bonchev–Trinajstić information content (AvgIpc) is 3.49. The van der Waals surface area contributed by atoms with Crippen LogP contribution in [-0.4, -0.2) is 49.3 Å². The molecular weight excluding hydrogens is 428 g/mol. The second-order valence-electron chi connectivity index (χ2n) is 10.3. The summed E-state index contributed by atoms with van der Waals surface area (Å²) in [5.41, 5.74) is 3.78. The summed E-state index contributed by atoms with van der Waals surface area (Å²) in [7, 11) is 0. The average molecular weight is 467 g/mol. The number of rotatable bonds is 9. The van der Waals surface area contributed by atoms with E-state index in [0.29, 0.717) is 6.54 Å². The number of fused-ring (bicyclic) bond motifs is 1. The molecule has 8 nitrogen and oxygen atoms in total. The maximum absolute atomic E-state index is 13.1. The summed E-state index contributed by atoms with van der Waals surface area (Å²) in [6, 6.07) is 6.21. The molecule has 3 aromatic rings. The minimum atomic E-state index is -0.197. The van der Waals surface area contributed by atoms with Gasteiger partial charge in [-0.1, -0.05) is 13.8 Å². The minimum absolute atomic E-state index is 0.0279. The van der Waals surface area contributed by atoms with Crippen LogP contribution in [-0.2, 0) is 16.8 Å². The maximum Gasteiger partial charge on any atom is 0.252 e. The van der Waals surface area contributed by atoms with Crippen LogP contribution in [0.2, 0.25) is 0 Å². The van der Waals surface area contributed by atoms with E-state index in [4.69, 9.17) is 4.74 Å². The van der Waals surface area contributed by atoms with Gasteiger partial charge in [-0.2, -0.15) is 0 Å². The lowest BCUT2D eigenvalue weighted by molar-refractivity contribution is 0.0475. The van der Waals surface area contributed by atoms with Crippen molar-refractivity contribution in [2.75, 3.05) is 13.2 Å². The summed E-state index contributed by atoms with van der Waals surface area (Å²) in [4.78, 5) is 18.6. The molecule has 0 amide bonds. The van der Waals surface area contributed by atoms with E-state index in [0.717, 1.165) is 61.1 Å². The molecule has 8 heteroatoms. The van der Waals surface area contributed by atoms with E-state index in [1.54, 1.807) is 0 Å². The second kappa shape index (κ2) is 9.96. The summed E-state index contributed by atoms with van der Waals surface area (Å²) >= 11 is 0. The third kappa shape index (κ3) is 4.93. The molecule has 1 saturated heterocycles. The fourth-order valence-electron chi connectivity index (χ4n) is 4.80. The first-order valence-electron chi connectivity index (χ1n) is 12.5. The lowest BCUT2D eigenvalue weighted by Crippen LogP contribution is -2.39. The van der Waals surface area contributed by atoms with Crippen LogP contribution >= 0.6 is 0 Å². The number of hydrogen-bond acceptors (Lipinski definition) is 6. The number of aryl methyl sites for hydroxylation is 2. The molecule has 2 aromatic heterocycles. The molecule has 1 aliphatic heterocycles. The molecule has 34 heavy (non-hydrogen) atoms. The van der Waals surface area contributed by atoms with Gasteiger partial charge < -0.3 is 9.72 Å². The molecule has 2 atom stereocenters. The summed E-state index contributed by atoms with van der Waals surface area (Å²) in [6.07, 6.45) is 4.00. The zero-order chi connectivity index (χ0) is 24.5. The fraction of sp³-hybridized carbons (Fsp3) is 0.615. The van der Waals surface area contributed by atoms with Gasteiger partial charge in [-0.3, -0.25) is 9.69 Å². The van der Waals surface area contributed by atoms with Crippen LogP contribution < -0.4 is 5.56 Å². The number of aromatic nitrogens is 5. The number of tetrazole rings is 1. The molecule has 184 valence electrons. The number of H-pyrrole nitrogens is 1. The molecule has 0 aliphatic carbocycles. The molecule has 0 bridgehead atoms. The van der Waals surface area contributed by atoms with E-state index < -0.39 is 0 Å². The van der Waals surface area contributed by atoms with Gasteiger partial charge in [-0.25, -0.2) is 4.68 Å². The van der Waals surface area contributed by atoms with Gasteiger partial charge in [0.2, 0.25) is 0 Å². The number of nitrogens with zero attached hydrogens (tertiary/aromatic N) is 5. The van der Waals surface area contributed by atoms with E-state index in [9.17, 15) is 4.79 Å². The highest BCUT2D eigenvalue weighted by Crippen LogP contribution is 2.30. The van der Waals surface area contributed by atoms with E-state index in [1.165, 1.54) is 11.1 Å². The molecule has 0 saturated carbocycles. The molecule has 2 unspecified atom stereocenters. The molecule has 0 radical (unpaired) electrons.